The van der Waals surface area contributed by atoms with Gasteiger partial charge in [0, 0.05) is 43.4 Å². The van der Waals surface area contributed by atoms with Gasteiger partial charge in [0.2, 0.25) is 0 Å². The Morgan fingerprint density at radius 2 is 1.87 bits per heavy atom. The fraction of sp³-hybridized carbons (Fsp3) is 0.357. The molecule has 9 heteroatoms. The molecule has 6 nitrogen and oxygen atoms in total. The molecule has 0 atom stereocenters. The number of anilines is 1. The van der Waals surface area contributed by atoms with Gasteiger partial charge >= 0.3 is 6.30 Å². The highest BCUT2D eigenvalue weighted by Crippen LogP contribution is 2.30. The van der Waals surface area contributed by atoms with Crippen LogP contribution in [0.3, 0.4) is 0 Å². The van der Waals surface area contributed by atoms with Gasteiger partial charge < -0.3 is 10.6 Å². The predicted octanol–water partition coefficient (Wildman–Crippen LogP) is 1.37. The van der Waals surface area contributed by atoms with Gasteiger partial charge in [-0.1, -0.05) is 0 Å². The topological polar surface area (TPSA) is 75.4 Å². The van der Waals surface area contributed by atoms with Crippen molar-refractivity contribution in [2.75, 3.05) is 31.1 Å². The number of alkyl halides is 3. The maximum atomic E-state index is 12.7. The lowest BCUT2D eigenvalue weighted by molar-refractivity contribution is -0.246. The van der Waals surface area contributed by atoms with Crippen molar-refractivity contribution in [1.82, 2.24) is 14.9 Å². The number of rotatable bonds is 2. The van der Waals surface area contributed by atoms with E-state index in [4.69, 9.17) is 5.73 Å². The second-order valence-corrected chi connectivity index (χ2v) is 5.22. The van der Waals surface area contributed by atoms with E-state index in [-0.39, 0.29) is 31.7 Å². The molecular weight excluding hydrogens is 311 g/mol. The first-order chi connectivity index (χ1) is 10.9. The van der Waals surface area contributed by atoms with Crippen LogP contribution in [-0.2, 0) is 0 Å². The Labute approximate surface area is 129 Å². The van der Waals surface area contributed by atoms with E-state index in [0.29, 0.717) is 21.5 Å². The number of piperazine rings is 1. The van der Waals surface area contributed by atoms with E-state index in [9.17, 15) is 18.0 Å². The van der Waals surface area contributed by atoms with Crippen molar-refractivity contribution in [2.24, 2.45) is 5.73 Å². The van der Waals surface area contributed by atoms with Crippen LogP contribution < -0.4 is 10.6 Å². The van der Waals surface area contributed by atoms with Gasteiger partial charge in [-0.3, -0.25) is 4.79 Å². The quantitative estimate of drug-likeness (QED) is 0.844. The molecule has 1 aliphatic heterocycles. The van der Waals surface area contributed by atoms with Gasteiger partial charge in [-0.05, 0) is 12.1 Å². The van der Waals surface area contributed by atoms with Gasteiger partial charge in [0.15, 0.2) is 0 Å². The fourth-order valence-corrected chi connectivity index (χ4v) is 2.74. The van der Waals surface area contributed by atoms with E-state index in [0.717, 1.165) is 0 Å². The summed E-state index contributed by atoms with van der Waals surface area (Å²) in [6.45, 7) is 0.214. The highest BCUT2D eigenvalue weighted by atomic mass is 19.4. The number of carbonyl (C=O) groups is 1. The summed E-state index contributed by atoms with van der Waals surface area (Å²) in [5.74, 6) is -0.609. The van der Waals surface area contributed by atoms with Crippen LogP contribution in [0.4, 0.5) is 18.9 Å². The minimum atomic E-state index is -4.31. The van der Waals surface area contributed by atoms with E-state index in [2.05, 4.69) is 9.97 Å². The largest absolute Gasteiger partial charge is 0.460 e. The third kappa shape index (κ3) is 2.91. The van der Waals surface area contributed by atoms with Crippen molar-refractivity contribution in [1.29, 1.82) is 0 Å². The zero-order valence-electron chi connectivity index (χ0n) is 12.0. The Kier molecular flexibility index (Phi) is 3.80. The molecule has 2 aromatic rings. The normalized spacial score (nSPS) is 16.7. The van der Waals surface area contributed by atoms with Gasteiger partial charge in [-0.15, -0.1) is 0 Å². The number of carbonyl (C=O) groups excluding carboxylic acids is 1. The van der Waals surface area contributed by atoms with Gasteiger partial charge in [0.05, 0.1) is 11.1 Å². The van der Waals surface area contributed by atoms with Crippen molar-refractivity contribution in [3.63, 3.8) is 0 Å². The number of nitrogens with two attached hydrogens (primary N) is 1. The molecule has 2 N–H and O–H groups in total. The van der Waals surface area contributed by atoms with Crippen LogP contribution in [0.25, 0.3) is 10.9 Å². The number of amides is 1. The van der Waals surface area contributed by atoms with Crippen LogP contribution in [0.2, 0.25) is 0 Å². The molecule has 1 aromatic heterocycles. The van der Waals surface area contributed by atoms with Crippen LogP contribution in [0.1, 0.15) is 10.4 Å². The molecule has 0 aliphatic carbocycles. The number of fused-ring (bicyclic) bond motifs is 1. The lowest BCUT2D eigenvalue weighted by Gasteiger charge is -2.37. The van der Waals surface area contributed by atoms with Crippen LogP contribution >= 0.6 is 0 Å². The molecule has 0 unspecified atom stereocenters. The SMILES string of the molecule is NC(=O)c1ccc(N2CCN(C(F)(F)F)CC2)c2cncnc12. The minimum absolute atomic E-state index is 0.115. The van der Waals surface area contributed by atoms with Crippen molar-refractivity contribution in [2.45, 2.75) is 6.30 Å². The number of hydrogen-bond acceptors (Lipinski definition) is 5. The lowest BCUT2D eigenvalue weighted by atomic mass is 10.1. The summed E-state index contributed by atoms with van der Waals surface area (Å²) >= 11 is 0. The second-order valence-electron chi connectivity index (χ2n) is 5.22. The number of hydrogen-bond donors (Lipinski definition) is 1. The molecule has 23 heavy (non-hydrogen) atoms. The van der Waals surface area contributed by atoms with Crippen LogP contribution in [0, 0.1) is 0 Å². The first-order valence-electron chi connectivity index (χ1n) is 6.97. The minimum Gasteiger partial charge on any atom is -0.368 e. The third-order valence-electron chi connectivity index (χ3n) is 3.90. The van der Waals surface area contributed by atoms with Crippen molar-refractivity contribution in [3.05, 3.63) is 30.2 Å². The molecule has 1 aliphatic rings. The summed E-state index contributed by atoms with van der Waals surface area (Å²) in [7, 11) is 0. The summed E-state index contributed by atoms with van der Waals surface area (Å²) in [5, 5.41) is 0.601. The maximum absolute atomic E-state index is 12.7. The van der Waals surface area contributed by atoms with Gasteiger partial charge in [0.1, 0.15) is 6.33 Å². The smallest absolute Gasteiger partial charge is 0.368 e. The average molecular weight is 325 g/mol. The summed E-state index contributed by atoms with van der Waals surface area (Å²) in [6.07, 6.45) is -1.46. The van der Waals surface area contributed by atoms with Gasteiger partial charge in [-0.2, -0.15) is 13.2 Å². The molecule has 0 bridgehead atoms. The molecule has 3 rings (SSSR count). The Morgan fingerprint density at radius 3 is 2.48 bits per heavy atom. The Morgan fingerprint density at radius 1 is 1.17 bits per heavy atom. The first-order valence-corrected chi connectivity index (χ1v) is 6.97. The van der Waals surface area contributed by atoms with E-state index >= 15 is 0 Å². The number of benzene rings is 1. The maximum Gasteiger partial charge on any atom is 0.460 e. The first kappa shape index (κ1) is 15.5. The molecule has 1 amide bonds. The summed E-state index contributed by atoms with van der Waals surface area (Å²) in [6, 6.07) is 3.22. The zero-order valence-corrected chi connectivity index (χ0v) is 12.0. The molecule has 1 saturated heterocycles. The molecule has 1 fully saturated rings. The average Bonchev–Trinajstić information content (AvgIpc) is 2.53. The van der Waals surface area contributed by atoms with E-state index in [1.54, 1.807) is 18.3 Å². The molecule has 0 radical (unpaired) electrons. The number of aromatic nitrogens is 2. The highest BCUT2D eigenvalue weighted by Gasteiger charge is 2.39. The van der Waals surface area contributed by atoms with Gasteiger partial charge in [-0.25, -0.2) is 14.9 Å². The Balaban J connectivity index is 1.93. The Bertz CT molecular complexity index is 741. The Hall–Kier alpha value is -2.42. The molecule has 0 spiro atoms. The van der Waals surface area contributed by atoms with Crippen molar-refractivity contribution in [3.8, 4) is 0 Å². The van der Waals surface area contributed by atoms with Gasteiger partial charge in [0.25, 0.3) is 5.91 Å². The van der Waals surface area contributed by atoms with E-state index in [1.807, 2.05) is 4.90 Å². The summed E-state index contributed by atoms with van der Waals surface area (Å²) in [5.41, 5.74) is 6.70. The molecule has 0 saturated carbocycles. The zero-order chi connectivity index (χ0) is 16.6. The van der Waals surface area contributed by atoms with Crippen LogP contribution in [0.15, 0.2) is 24.7 Å². The highest BCUT2D eigenvalue weighted by molar-refractivity contribution is 6.07. The van der Waals surface area contributed by atoms with Crippen molar-refractivity contribution >= 4 is 22.5 Å². The lowest BCUT2D eigenvalue weighted by Crippen LogP contribution is -2.52. The van der Waals surface area contributed by atoms with Crippen molar-refractivity contribution < 1.29 is 18.0 Å². The fourth-order valence-electron chi connectivity index (χ4n) is 2.74. The third-order valence-corrected chi connectivity index (χ3v) is 3.90. The number of halogens is 3. The van der Waals surface area contributed by atoms with E-state index in [1.165, 1.54) is 6.33 Å². The molecule has 1 aromatic carbocycles. The monoisotopic (exact) mass is 325 g/mol. The van der Waals surface area contributed by atoms with Crippen LogP contribution in [0.5, 0.6) is 0 Å². The molecule has 2 heterocycles. The van der Waals surface area contributed by atoms with Crippen LogP contribution in [-0.4, -0.2) is 53.3 Å². The molecular formula is C14H14F3N5O. The molecule has 122 valence electrons. The summed E-state index contributed by atoms with van der Waals surface area (Å²) in [4.78, 5) is 21.8. The van der Waals surface area contributed by atoms with E-state index < -0.39 is 12.2 Å². The second kappa shape index (κ2) is 5.65. The number of primary amides is 1. The number of nitrogens with zero attached hydrogens (tertiary/aromatic N) is 4. The standard InChI is InChI=1S/C14H14F3N5O/c15-14(16,17)22-5-3-21(4-6-22)11-2-1-9(13(18)23)12-10(11)7-19-8-20-12/h1-2,7-8H,3-6H2,(H2,18,23). The summed E-state index contributed by atoms with van der Waals surface area (Å²) < 4.78 is 38.1. The predicted molar refractivity (Wildman–Crippen MR) is 77.9 cm³/mol.